The Kier molecular flexibility index (Phi) is 6.55. The molecule has 0 fully saturated rings. The van der Waals surface area contributed by atoms with Crippen LogP contribution in [0.2, 0.25) is 0 Å². The number of Topliss-reactive ketones (excluding diaryl/α,β-unsaturated/α-hetero) is 1. The zero-order chi connectivity index (χ0) is 19.3. The van der Waals surface area contributed by atoms with E-state index in [0.29, 0.717) is 17.9 Å². The van der Waals surface area contributed by atoms with Crippen LogP contribution in [-0.2, 0) is 14.3 Å². The van der Waals surface area contributed by atoms with E-state index >= 15 is 0 Å². The number of hydrogen-bond acceptors (Lipinski definition) is 4. The second-order valence-corrected chi connectivity index (χ2v) is 6.88. The molecule has 2 N–H and O–H groups in total. The highest BCUT2D eigenvalue weighted by Crippen LogP contribution is 2.23. The molecule has 1 heterocycles. The summed E-state index contributed by atoms with van der Waals surface area (Å²) in [6.45, 7) is 7.18. The SMILES string of the molecule is Cc1[nH]c2ccccc2c1C(=O)C(C)OC(=O)CNC(=O)CCC(C)C. The standard InChI is InChI=1S/C20H26N2O4/c1-12(2)9-10-17(23)21-11-18(24)26-14(4)20(25)19-13(3)22-16-8-6-5-7-15(16)19/h5-8,12,14,22H,9-11H2,1-4H3,(H,21,23). The number of aromatic amines is 1. The number of para-hydroxylation sites is 1. The van der Waals surface area contributed by atoms with Gasteiger partial charge in [-0.15, -0.1) is 0 Å². The molecule has 140 valence electrons. The lowest BCUT2D eigenvalue weighted by Crippen LogP contribution is -2.34. The van der Waals surface area contributed by atoms with Gasteiger partial charge in [0.15, 0.2) is 6.10 Å². The van der Waals surface area contributed by atoms with Crippen molar-refractivity contribution < 1.29 is 19.1 Å². The molecule has 0 aliphatic carbocycles. The van der Waals surface area contributed by atoms with Gasteiger partial charge in [0, 0.05) is 28.6 Å². The lowest BCUT2D eigenvalue weighted by atomic mass is 10.0. The first-order valence-corrected chi connectivity index (χ1v) is 8.87. The number of nitrogens with one attached hydrogen (secondary N) is 2. The molecule has 1 unspecified atom stereocenters. The third-order valence-electron chi connectivity index (χ3n) is 4.20. The number of hydrogen-bond donors (Lipinski definition) is 2. The number of carbonyl (C=O) groups excluding carboxylic acids is 3. The van der Waals surface area contributed by atoms with Crippen LogP contribution < -0.4 is 5.32 Å². The van der Waals surface area contributed by atoms with E-state index in [1.165, 1.54) is 0 Å². The minimum Gasteiger partial charge on any atom is -0.453 e. The zero-order valence-electron chi connectivity index (χ0n) is 15.7. The Labute approximate surface area is 153 Å². The monoisotopic (exact) mass is 358 g/mol. The summed E-state index contributed by atoms with van der Waals surface area (Å²) in [5.74, 6) is -0.660. The first kappa shape index (κ1) is 19.7. The van der Waals surface area contributed by atoms with E-state index in [0.717, 1.165) is 23.0 Å². The molecule has 2 rings (SSSR count). The van der Waals surface area contributed by atoms with Crippen LogP contribution >= 0.6 is 0 Å². The van der Waals surface area contributed by atoms with Crippen LogP contribution in [0.25, 0.3) is 10.9 Å². The Balaban J connectivity index is 1.93. The second-order valence-electron chi connectivity index (χ2n) is 6.88. The minimum absolute atomic E-state index is 0.192. The maximum absolute atomic E-state index is 12.7. The molecule has 1 atom stereocenters. The summed E-state index contributed by atoms with van der Waals surface area (Å²) >= 11 is 0. The van der Waals surface area contributed by atoms with Crippen LogP contribution in [0.1, 0.15) is 49.7 Å². The highest BCUT2D eigenvalue weighted by atomic mass is 16.5. The summed E-state index contributed by atoms with van der Waals surface area (Å²) in [7, 11) is 0. The first-order valence-electron chi connectivity index (χ1n) is 8.87. The van der Waals surface area contributed by atoms with E-state index in [4.69, 9.17) is 4.74 Å². The largest absolute Gasteiger partial charge is 0.453 e. The van der Waals surface area contributed by atoms with E-state index in [1.807, 2.05) is 45.0 Å². The topological polar surface area (TPSA) is 88.3 Å². The summed E-state index contributed by atoms with van der Waals surface area (Å²) in [6, 6.07) is 7.49. The smallest absolute Gasteiger partial charge is 0.326 e. The van der Waals surface area contributed by atoms with E-state index in [2.05, 4.69) is 10.3 Å². The van der Waals surface area contributed by atoms with Gasteiger partial charge in [-0.05, 0) is 32.3 Å². The maximum atomic E-state index is 12.7. The predicted octanol–water partition coefficient (Wildman–Crippen LogP) is 3.14. The third-order valence-corrected chi connectivity index (χ3v) is 4.20. The Morgan fingerprint density at radius 3 is 2.54 bits per heavy atom. The molecule has 6 heteroatoms. The molecular weight excluding hydrogens is 332 g/mol. The number of carbonyl (C=O) groups is 3. The molecule has 0 saturated carbocycles. The summed E-state index contributed by atoms with van der Waals surface area (Å²) in [4.78, 5) is 39.4. The number of ether oxygens (including phenoxy) is 1. The van der Waals surface area contributed by atoms with Crippen molar-refractivity contribution in [2.75, 3.05) is 6.54 Å². The Morgan fingerprint density at radius 1 is 1.15 bits per heavy atom. The number of rotatable bonds is 8. The van der Waals surface area contributed by atoms with E-state index < -0.39 is 12.1 Å². The van der Waals surface area contributed by atoms with Crippen molar-refractivity contribution in [3.05, 3.63) is 35.5 Å². The number of H-pyrrole nitrogens is 1. The molecule has 0 bridgehead atoms. The van der Waals surface area contributed by atoms with Crippen LogP contribution in [0, 0.1) is 12.8 Å². The summed E-state index contributed by atoms with van der Waals surface area (Å²) in [5.41, 5.74) is 2.13. The van der Waals surface area contributed by atoms with Crippen molar-refractivity contribution >= 4 is 28.6 Å². The second kappa shape index (κ2) is 8.65. The fourth-order valence-electron chi connectivity index (χ4n) is 2.77. The fraction of sp³-hybridized carbons (Fsp3) is 0.450. The third kappa shape index (κ3) is 4.94. The van der Waals surface area contributed by atoms with Gasteiger partial charge in [0.1, 0.15) is 6.54 Å². The van der Waals surface area contributed by atoms with Gasteiger partial charge in [-0.3, -0.25) is 14.4 Å². The van der Waals surface area contributed by atoms with Crippen molar-refractivity contribution in [2.45, 2.75) is 46.6 Å². The first-order chi connectivity index (χ1) is 12.3. The maximum Gasteiger partial charge on any atom is 0.326 e. The number of amides is 1. The molecule has 0 aliphatic heterocycles. The molecule has 0 radical (unpaired) electrons. The lowest BCUT2D eigenvalue weighted by Gasteiger charge is -2.13. The zero-order valence-corrected chi connectivity index (χ0v) is 15.7. The summed E-state index contributed by atoms with van der Waals surface area (Å²) in [6.07, 6.45) is 0.205. The van der Waals surface area contributed by atoms with Gasteiger partial charge in [-0.1, -0.05) is 32.0 Å². The highest BCUT2D eigenvalue weighted by Gasteiger charge is 2.24. The van der Waals surface area contributed by atoms with Crippen LogP contribution in [0.15, 0.2) is 24.3 Å². The van der Waals surface area contributed by atoms with Crippen LogP contribution in [0.4, 0.5) is 0 Å². The number of esters is 1. The van der Waals surface area contributed by atoms with Gasteiger partial charge in [-0.25, -0.2) is 0 Å². The molecule has 0 spiro atoms. The van der Waals surface area contributed by atoms with Crippen LogP contribution in [0.5, 0.6) is 0 Å². The number of aryl methyl sites for hydroxylation is 1. The minimum atomic E-state index is -0.923. The van der Waals surface area contributed by atoms with Crippen molar-refractivity contribution in [3.8, 4) is 0 Å². The van der Waals surface area contributed by atoms with E-state index in [-0.39, 0.29) is 18.2 Å². The van der Waals surface area contributed by atoms with Crippen molar-refractivity contribution in [2.24, 2.45) is 5.92 Å². The quantitative estimate of drug-likeness (QED) is 0.560. The van der Waals surface area contributed by atoms with E-state index in [9.17, 15) is 14.4 Å². The van der Waals surface area contributed by atoms with Gasteiger partial charge in [0.2, 0.25) is 11.7 Å². The predicted molar refractivity (Wildman–Crippen MR) is 100 cm³/mol. The Hall–Kier alpha value is -2.63. The molecule has 0 aliphatic rings. The van der Waals surface area contributed by atoms with Crippen molar-refractivity contribution in [1.29, 1.82) is 0 Å². The van der Waals surface area contributed by atoms with Gasteiger partial charge >= 0.3 is 5.97 Å². The van der Waals surface area contributed by atoms with Crippen molar-refractivity contribution in [1.82, 2.24) is 10.3 Å². The van der Waals surface area contributed by atoms with Crippen LogP contribution in [-0.4, -0.2) is 35.3 Å². The molecule has 1 aromatic carbocycles. The Morgan fingerprint density at radius 2 is 1.85 bits per heavy atom. The number of fused-ring (bicyclic) bond motifs is 1. The summed E-state index contributed by atoms with van der Waals surface area (Å²) in [5, 5.41) is 3.33. The molecule has 0 saturated heterocycles. The summed E-state index contributed by atoms with van der Waals surface area (Å²) < 4.78 is 5.20. The van der Waals surface area contributed by atoms with Crippen LogP contribution in [0.3, 0.4) is 0 Å². The normalized spacial score (nSPS) is 12.2. The molecule has 1 aromatic heterocycles. The lowest BCUT2D eigenvalue weighted by molar-refractivity contribution is -0.146. The molecule has 6 nitrogen and oxygen atoms in total. The highest BCUT2D eigenvalue weighted by molar-refractivity contribution is 6.11. The fourth-order valence-corrected chi connectivity index (χ4v) is 2.77. The average molecular weight is 358 g/mol. The number of ketones is 1. The number of benzene rings is 1. The Bertz CT molecular complexity index is 807. The molecular formula is C20H26N2O4. The van der Waals surface area contributed by atoms with Gasteiger partial charge in [0.25, 0.3) is 0 Å². The molecule has 1 amide bonds. The van der Waals surface area contributed by atoms with Gasteiger partial charge in [-0.2, -0.15) is 0 Å². The van der Waals surface area contributed by atoms with Gasteiger partial charge in [0.05, 0.1) is 0 Å². The molecule has 2 aromatic rings. The van der Waals surface area contributed by atoms with E-state index in [1.54, 1.807) is 6.92 Å². The van der Waals surface area contributed by atoms with Crippen molar-refractivity contribution in [3.63, 3.8) is 0 Å². The average Bonchev–Trinajstić information content (AvgIpc) is 2.93. The number of aromatic nitrogens is 1. The van der Waals surface area contributed by atoms with Gasteiger partial charge < -0.3 is 15.0 Å². The molecule has 26 heavy (non-hydrogen) atoms.